The maximum Gasteiger partial charge on any atom is 0.303 e. The number of hydrogen-bond acceptors (Lipinski definition) is 2. The molecule has 2 nitrogen and oxygen atoms in total. The summed E-state index contributed by atoms with van der Waals surface area (Å²) in [4.78, 5) is 10.9. The number of allylic oxidation sites excluding steroid dienone is 1. The Morgan fingerprint density at radius 3 is 2.33 bits per heavy atom. The first kappa shape index (κ1) is 17.2. The van der Waals surface area contributed by atoms with Crippen LogP contribution in [0.4, 0.5) is 0 Å². The molecule has 0 saturated heterocycles. The average Bonchev–Trinajstić information content (AvgIpc) is 2.32. The van der Waals surface area contributed by atoms with E-state index in [0.717, 1.165) is 19.3 Å². The second-order valence-corrected chi connectivity index (χ2v) is 4.92. The highest BCUT2D eigenvalue weighted by atomic mass is 16.5. The van der Waals surface area contributed by atoms with Gasteiger partial charge in [0.2, 0.25) is 0 Å². The molecule has 0 N–H and O–H groups in total. The van der Waals surface area contributed by atoms with Crippen LogP contribution in [0.15, 0.2) is 12.2 Å². The molecular formula is C16H30O2. The van der Waals surface area contributed by atoms with Gasteiger partial charge >= 0.3 is 5.97 Å². The van der Waals surface area contributed by atoms with Crippen LogP contribution in [-0.2, 0) is 9.53 Å². The number of unbranched alkanes of at least 4 members (excludes halogenated alkanes) is 6. The Balaban J connectivity index is 3.59. The zero-order chi connectivity index (χ0) is 13.6. The van der Waals surface area contributed by atoms with Crippen LogP contribution in [0.5, 0.6) is 0 Å². The van der Waals surface area contributed by atoms with E-state index in [9.17, 15) is 4.79 Å². The zero-order valence-electron chi connectivity index (χ0n) is 12.4. The van der Waals surface area contributed by atoms with E-state index in [4.69, 9.17) is 4.74 Å². The molecule has 0 fully saturated rings. The minimum atomic E-state index is -0.183. The lowest BCUT2D eigenvalue weighted by Crippen LogP contribution is -2.13. The molecule has 0 aliphatic rings. The Bertz CT molecular complexity index is 221. The van der Waals surface area contributed by atoms with Gasteiger partial charge in [0.15, 0.2) is 0 Å². The minimum absolute atomic E-state index is 0.0207. The second kappa shape index (κ2) is 12.7. The van der Waals surface area contributed by atoms with Gasteiger partial charge in [-0.2, -0.15) is 0 Å². The van der Waals surface area contributed by atoms with Gasteiger partial charge in [-0.25, -0.2) is 0 Å². The van der Waals surface area contributed by atoms with Crippen molar-refractivity contribution in [3.8, 4) is 0 Å². The molecule has 0 rings (SSSR count). The third-order valence-electron chi connectivity index (χ3n) is 2.97. The van der Waals surface area contributed by atoms with Crippen LogP contribution < -0.4 is 0 Å². The Morgan fingerprint density at radius 1 is 1.06 bits per heavy atom. The van der Waals surface area contributed by atoms with E-state index < -0.39 is 0 Å². The molecule has 1 unspecified atom stereocenters. The van der Waals surface area contributed by atoms with Crippen molar-refractivity contribution in [2.24, 2.45) is 0 Å². The molecule has 18 heavy (non-hydrogen) atoms. The highest BCUT2D eigenvalue weighted by Crippen LogP contribution is 2.09. The third kappa shape index (κ3) is 11.7. The van der Waals surface area contributed by atoms with Gasteiger partial charge in [0.05, 0.1) is 0 Å². The maximum atomic E-state index is 10.9. The minimum Gasteiger partial charge on any atom is -0.458 e. The number of hydrogen-bond donors (Lipinski definition) is 0. The standard InChI is InChI=1S/C16H30O2/c1-4-6-7-8-9-10-11-12-14-16(13-5-2)18-15(3)17/h12,14,16H,4-11,13H2,1-3H3. The number of rotatable bonds is 11. The molecule has 0 heterocycles. The van der Waals surface area contributed by atoms with E-state index in [1.54, 1.807) is 0 Å². The van der Waals surface area contributed by atoms with Crippen molar-refractivity contribution >= 4 is 5.97 Å². The molecule has 0 amide bonds. The number of ether oxygens (including phenoxy) is 1. The van der Waals surface area contributed by atoms with E-state index in [1.807, 2.05) is 0 Å². The Kier molecular flexibility index (Phi) is 12.1. The largest absolute Gasteiger partial charge is 0.458 e. The van der Waals surface area contributed by atoms with Crippen LogP contribution in [0.3, 0.4) is 0 Å². The zero-order valence-corrected chi connectivity index (χ0v) is 12.4. The van der Waals surface area contributed by atoms with Gasteiger partial charge in [-0.15, -0.1) is 0 Å². The number of esters is 1. The van der Waals surface area contributed by atoms with Gasteiger partial charge in [-0.1, -0.05) is 58.4 Å². The Hall–Kier alpha value is -0.790. The third-order valence-corrected chi connectivity index (χ3v) is 2.97. The van der Waals surface area contributed by atoms with Crippen LogP contribution >= 0.6 is 0 Å². The summed E-state index contributed by atoms with van der Waals surface area (Å²) in [5.74, 6) is -0.183. The fraction of sp³-hybridized carbons (Fsp3) is 0.812. The number of carbonyl (C=O) groups excluding carboxylic acids is 1. The van der Waals surface area contributed by atoms with E-state index in [1.165, 1.54) is 45.4 Å². The van der Waals surface area contributed by atoms with Gasteiger partial charge in [0.1, 0.15) is 6.10 Å². The first-order valence-corrected chi connectivity index (χ1v) is 7.54. The normalized spacial score (nSPS) is 12.8. The first-order chi connectivity index (χ1) is 8.70. The molecule has 0 radical (unpaired) electrons. The van der Waals surface area contributed by atoms with Crippen molar-refractivity contribution in [1.29, 1.82) is 0 Å². The lowest BCUT2D eigenvalue weighted by atomic mass is 10.1. The highest BCUT2D eigenvalue weighted by Gasteiger charge is 2.05. The molecule has 0 bridgehead atoms. The number of carbonyl (C=O) groups is 1. The SMILES string of the molecule is CCCCCCCCC=CC(CCC)OC(C)=O. The fourth-order valence-electron chi connectivity index (χ4n) is 1.98. The van der Waals surface area contributed by atoms with Crippen LogP contribution in [0.25, 0.3) is 0 Å². The Labute approximate surface area is 113 Å². The molecule has 1 atom stereocenters. The van der Waals surface area contributed by atoms with Gasteiger partial charge in [0.25, 0.3) is 0 Å². The monoisotopic (exact) mass is 254 g/mol. The van der Waals surface area contributed by atoms with Crippen LogP contribution in [0, 0.1) is 0 Å². The van der Waals surface area contributed by atoms with Crippen molar-refractivity contribution in [1.82, 2.24) is 0 Å². The summed E-state index contributed by atoms with van der Waals surface area (Å²) in [5.41, 5.74) is 0. The first-order valence-electron chi connectivity index (χ1n) is 7.54. The lowest BCUT2D eigenvalue weighted by molar-refractivity contribution is -0.144. The summed E-state index contributed by atoms with van der Waals surface area (Å²) in [6.07, 6.45) is 15.2. The molecule has 0 aliphatic carbocycles. The topological polar surface area (TPSA) is 26.3 Å². The summed E-state index contributed by atoms with van der Waals surface area (Å²) >= 11 is 0. The molecule has 106 valence electrons. The average molecular weight is 254 g/mol. The van der Waals surface area contributed by atoms with E-state index in [-0.39, 0.29) is 12.1 Å². The predicted octanol–water partition coefficient (Wildman–Crippen LogP) is 5.03. The summed E-state index contributed by atoms with van der Waals surface area (Å²) < 4.78 is 5.22. The second-order valence-electron chi connectivity index (χ2n) is 4.92. The quantitative estimate of drug-likeness (QED) is 0.294. The summed E-state index contributed by atoms with van der Waals surface area (Å²) in [6.45, 7) is 5.83. The van der Waals surface area contributed by atoms with E-state index in [0.29, 0.717) is 0 Å². The molecule has 0 aromatic heterocycles. The Morgan fingerprint density at radius 2 is 1.72 bits per heavy atom. The highest BCUT2D eigenvalue weighted by molar-refractivity contribution is 5.66. The maximum absolute atomic E-state index is 10.9. The van der Waals surface area contributed by atoms with Crippen molar-refractivity contribution in [2.75, 3.05) is 0 Å². The molecule has 0 aliphatic heterocycles. The van der Waals surface area contributed by atoms with Crippen molar-refractivity contribution in [3.63, 3.8) is 0 Å². The molecule has 2 heteroatoms. The molecule has 0 saturated carbocycles. The predicted molar refractivity (Wildman–Crippen MR) is 77.6 cm³/mol. The van der Waals surface area contributed by atoms with Crippen LogP contribution in [-0.4, -0.2) is 12.1 Å². The lowest BCUT2D eigenvalue weighted by Gasteiger charge is -2.11. The van der Waals surface area contributed by atoms with Crippen molar-refractivity contribution in [3.05, 3.63) is 12.2 Å². The summed E-state index contributed by atoms with van der Waals surface area (Å²) in [7, 11) is 0. The molecule has 0 spiro atoms. The molecule has 0 aromatic rings. The van der Waals surface area contributed by atoms with Crippen molar-refractivity contribution in [2.45, 2.75) is 84.7 Å². The van der Waals surface area contributed by atoms with Gasteiger partial charge in [-0.3, -0.25) is 4.79 Å². The molecule has 0 aromatic carbocycles. The van der Waals surface area contributed by atoms with Gasteiger partial charge in [-0.05, 0) is 25.3 Å². The van der Waals surface area contributed by atoms with Crippen LogP contribution in [0.1, 0.15) is 78.6 Å². The summed E-state index contributed by atoms with van der Waals surface area (Å²) in [5, 5.41) is 0. The summed E-state index contributed by atoms with van der Waals surface area (Å²) in [6, 6.07) is 0. The van der Waals surface area contributed by atoms with Crippen molar-refractivity contribution < 1.29 is 9.53 Å². The van der Waals surface area contributed by atoms with E-state index in [2.05, 4.69) is 26.0 Å². The van der Waals surface area contributed by atoms with E-state index >= 15 is 0 Å². The molecular weight excluding hydrogens is 224 g/mol. The smallest absolute Gasteiger partial charge is 0.303 e. The van der Waals surface area contributed by atoms with Gasteiger partial charge in [0, 0.05) is 6.92 Å². The van der Waals surface area contributed by atoms with Gasteiger partial charge < -0.3 is 4.74 Å². The van der Waals surface area contributed by atoms with Crippen LogP contribution in [0.2, 0.25) is 0 Å². The fourth-order valence-corrected chi connectivity index (χ4v) is 1.98.